The lowest BCUT2D eigenvalue weighted by Gasteiger charge is -2.30. The molecule has 1 aromatic carbocycles. The van der Waals surface area contributed by atoms with Gasteiger partial charge in [-0.2, -0.15) is 0 Å². The van der Waals surface area contributed by atoms with Gasteiger partial charge < -0.3 is 19.3 Å². The number of amides is 2. The van der Waals surface area contributed by atoms with Crippen LogP contribution in [0.3, 0.4) is 0 Å². The van der Waals surface area contributed by atoms with Gasteiger partial charge in [0.1, 0.15) is 0 Å². The molecule has 1 aliphatic carbocycles. The summed E-state index contributed by atoms with van der Waals surface area (Å²) < 4.78 is 11.6. The predicted molar refractivity (Wildman–Crippen MR) is 104 cm³/mol. The highest BCUT2D eigenvalue weighted by molar-refractivity contribution is 5.87. The summed E-state index contributed by atoms with van der Waals surface area (Å²) in [4.78, 5) is 29.2. The van der Waals surface area contributed by atoms with Gasteiger partial charge in [0.25, 0.3) is 0 Å². The van der Waals surface area contributed by atoms with Gasteiger partial charge in [-0.1, -0.05) is 30.3 Å². The van der Waals surface area contributed by atoms with Gasteiger partial charge in [-0.3, -0.25) is 9.59 Å². The van der Waals surface area contributed by atoms with E-state index in [4.69, 9.17) is 9.47 Å². The van der Waals surface area contributed by atoms with Crippen LogP contribution < -0.4 is 0 Å². The number of ether oxygens (including phenoxy) is 2. The first-order chi connectivity index (χ1) is 13.7. The van der Waals surface area contributed by atoms with Crippen molar-refractivity contribution in [2.45, 2.75) is 38.4 Å². The first kappa shape index (κ1) is 19.4. The Balaban J connectivity index is 1.43. The van der Waals surface area contributed by atoms with E-state index in [1.807, 2.05) is 35.2 Å². The van der Waals surface area contributed by atoms with E-state index in [9.17, 15) is 9.59 Å². The van der Waals surface area contributed by atoms with Gasteiger partial charge in [-0.25, -0.2) is 0 Å². The highest BCUT2D eigenvalue weighted by atomic mass is 16.5. The fourth-order valence-electron chi connectivity index (χ4n) is 4.05. The first-order valence-electron chi connectivity index (χ1n) is 10.5. The highest BCUT2D eigenvalue weighted by Crippen LogP contribution is 2.31. The number of rotatable bonds is 6. The quantitative estimate of drug-likeness (QED) is 0.751. The second-order valence-electron chi connectivity index (χ2n) is 8.27. The molecule has 1 aromatic rings. The zero-order valence-electron chi connectivity index (χ0n) is 16.4. The maximum absolute atomic E-state index is 12.9. The van der Waals surface area contributed by atoms with E-state index < -0.39 is 0 Å². The van der Waals surface area contributed by atoms with Crippen LogP contribution in [0.5, 0.6) is 0 Å². The number of hydrogen-bond acceptors (Lipinski definition) is 4. The minimum atomic E-state index is -0.158. The second kappa shape index (κ2) is 9.05. The van der Waals surface area contributed by atoms with Crippen molar-refractivity contribution < 1.29 is 19.1 Å². The van der Waals surface area contributed by atoms with Crippen LogP contribution >= 0.6 is 0 Å². The van der Waals surface area contributed by atoms with E-state index in [-0.39, 0.29) is 30.4 Å². The van der Waals surface area contributed by atoms with Crippen LogP contribution in [0.1, 0.15) is 31.2 Å². The summed E-state index contributed by atoms with van der Waals surface area (Å²) in [6.07, 6.45) is 3.72. The minimum Gasteiger partial charge on any atom is -0.381 e. The number of hydrogen-bond donors (Lipinski definition) is 0. The summed E-state index contributed by atoms with van der Waals surface area (Å²) in [5.74, 6) is 0.753. The molecule has 6 heteroatoms. The highest BCUT2D eigenvalue weighted by Gasteiger charge is 2.38. The Hall–Kier alpha value is -1.92. The van der Waals surface area contributed by atoms with Crippen LogP contribution in [-0.2, 0) is 25.7 Å². The van der Waals surface area contributed by atoms with Gasteiger partial charge in [0, 0.05) is 38.8 Å². The lowest BCUT2D eigenvalue weighted by Crippen LogP contribution is -2.42. The number of nitrogens with zero attached hydrogens (tertiary/aromatic N) is 2. The molecule has 2 amide bonds. The van der Waals surface area contributed by atoms with Crippen LogP contribution in [0.25, 0.3) is 0 Å². The van der Waals surface area contributed by atoms with E-state index in [1.54, 1.807) is 4.90 Å². The number of carbonyl (C=O) groups excluding carboxylic acids is 2. The standard InChI is InChI=1S/C22H30N2O4/c25-21-15-24(22(26)19-6-7-19)14-20(28-16-18-4-2-1-3-5-18)13-23(21)12-17-8-10-27-11-9-17/h1-5,17,19-20H,6-16H2. The summed E-state index contributed by atoms with van der Waals surface area (Å²) >= 11 is 0. The fourth-order valence-corrected chi connectivity index (χ4v) is 4.05. The van der Waals surface area contributed by atoms with Crippen molar-refractivity contribution in [1.29, 1.82) is 0 Å². The summed E-state index contributed by atoms with van der Waals surface area (Å²) in [5.41, 5.74) is 1.11. The molecule has 0 spiro atoms. The van der Waals surface area contributed by atoms with E-state index in [2.05, 4.69) is 0 Å². The van der Waals surface area contributed by atoms with Crippen molar-refractivity contribution in [3.63, 3.8) is 0 Å². The summed E-state index contributed by atoms with van der Waals surface area (Å²) in [5, 5.41) is 0. The molecule has 2 heterocycles. The van der Waals surface area contributed by atoms with Gasteiger partial charge >= 0.3 is 0 Å². The topological polar surface area (TPSA) is 59.1 Å². The number of benzene rings is 1. The third-order valence-electron chi connectivity index (χ3n) is 5.91. The van der Waals surface area contributed by atoms with Crippen molar-refractivity contribution in [3.8, 4) is 0 Å². The van der Waals surface area contributed by atoms with Crippen LogP contribution in [-0.4, -0.2) is 67.1 Å². The normalized spacial score (nSPS) is 24.3. The molecule has 1 atom stereocenters. The van der Waals surface area contributed by atoms with E-state index in [0.29, 0.717) is 25.6 Å². The van der Waals surface area contributed by atoms with Crippen molar-refractivity contribution in [1.82, 2.24) is 9.80 Å². The van der Waals surface area contributed by atoms with Crippen LogP contribution in [0.15, 0.2) is 30.3 Å². The lowest BCUT2D eigenvalue weighted by atomic mass is 9.99. The molecular formula is C22H30N2O4. The van der Waals surface area contributed by atoms with E-state index in [1.165, 1.54) is 0 Å². The molecular weight excluding hydrogens is 356 g/mol. The molecule has 0 N–H and O–H groups in total. The maximum Gasteiger partial charge on any atom is 0.242 e. The van der Waals surface area contributed by atoms with Crippen LogP contribution in [0.4, 0.5) is 0 Å². The maximum atomic E-state index is 12.9. The summed E-state index contributed by atoms with van der Waals surface area (Å²) in [6, 6.07) is 10.0. The Morgan fingerprint density at radius 3 is 2.54 bits per heavy atom. The molecule has 3 fully saturated rings. The Bertz CT molecular complexity index is 670. The van der Waals surface area contributed by atoms with E-state index >= 15 is 0 Å². The van der Waals surface area contributed by atoms with Crippen molar-refractivity contribution in [2.24, 2.45) is 11.8 Å². The molecule has 152 valence electrons. The zero-order chi connectivity index (χ0) is 19.3. The molecule has 1 saturated carbocycles. The second-order valence-corrected chi connectivity index (χ2v) is 8.27. The summed E-state index contributed by atoms with van der Waals surface area (Å²) in [6.45, 7) is 4.01. The zero-order valence-corrected chi connectivity index (χ0v) is 16.4. The van der Waals surface area contributed by atoms with E-state index in [0.717, 1.165) is 51.0 Å². The third kappa shape index (κ3) is 5.11. The average molecular weight is 386 g/mol. The monoisotopic (exact) mass is 386 g/mol. The first-order valence-corrected chi connectivity index (χ1v) is 10.5. The molecule has 6 nitrogen and oxygen atoms in total. The summed E-state index contributed by atoms with van der Waals surface area (Å²) in [7, 11) is 0. The smallest absolute Gasteiger partial charge is 0.242 e. The lowest BCUT2D eigenvalue weighted by molar-refractivity contribution is -0.140. The van der Waals surface area contributed by atoms with Crippen molar-refractivity contribution >= 4 is 11.8 Å². The van der Waals surface area contributed by atoms with Crippen LogP contribution in [0.2, 0.25) is 0 Å². The fraction of sp³-hybridized carbons (Fsp3) is 0.636. The Labute approximate surface area is 166 Å². The molecule has 2 aliphatic heterocycles. The number of carbonyl (C=O) groups is 2. The Morgan fingerprint density at radius 2 is 1.82 bits per heavy atom. The van der Waals surface area contributed by atoms with Crippen molar-refractivity contribution in [3.05, 3.63) is 35.9 Å². The molecule has 1 unspecified atom stereocenters. The molecule has 0 radical (unpaired) electrons. The van der Waals surface area contributed by atoms with Gasteiger partial charge in [0.15, 0.2) is 0 Å². The predicted octanol–water partition coefficient (Wildman–Crippen LogP) is 2.08. The third-order valence-corrected chi connectivity index (χ3v) is 5.91. The molecule has 0 bridgehead atoms. The average Bonchev–Trinajstić information content (AvgIpc) is 3.57. The van der Waals surface area contributed by atoms with Gasteiger partial charge in [0.2, 0.25) is 11.8 Å². The Morgan fingerprint density at radius 1 is 1.07 bits per heavy atom. The van der Waals surface area contributed by atoms with Gasteiger partial charge in [0.05, 0.1) is 19.3 Å². The SMILES string of the molecule is O=C1CN(C(=O)C2CC2)CC(OCc2ccccc2)CN1CC1CCOCC1. The van der Waals surface area contributed by atoms with Gasteiger partial charge in [-0.15, -0.1) is 0 Å². The minimum absolute atomic E-state index is 0.0475. The molecule has 2 saturated heterocycles. The molecule has 0 aromatic heterocycles. The van der Waals surface area contributed by atoms with Gasteiger partial charge in [-0.05, 0) is 37.2 Å². The molecule has 4 rings (SSSR count). The van der Waals surface area contributed by atoms with Crippen molar-refractivity contribution in [2.75, 3.05) is 39.4 Å². The molecule has 28 heavy (non-hydrogen) atoms. The Kier molecular flexibility index (Phi) is 6.27. The molecule has 3 aliphatic rings. The largest absolute Gasteiger partial charge is 0.381 e. The van der Waals surface area contributed by atoms with Crippen LogP contribution in [0, 0.1) is 11.8 Å².